The molecule has 0 bridgehead atoms. The van der Waals surface area contributed by atoms with E-state index in [9.17, 15) is 4.79 Å². The average molecular weight is 235 g/mol. The zero-order valence-corrected chi connectivity index (χ0v) is 10.8. The first-order chi connectivity index (χ1) is 8.17. The molecule has 0 unspecified atom stereocenters. The fraction of sp³-hybridized carbons (Fsp3) is 0.538. The monoisotopic (exact) mass is 235 g/mol. The highest BCUT2D eigenvalue weighted by Gasteiger charge is 2.07. The Balaban J connectivity index is 2.59. The van der Waals surface area contributed by atoms with Crippen molar-refractivity contribution in [1.29, 1.82) is 0 Å². The van der Waals surface area contributed by atoms with Crippen molar-refractivity contribution < 1.29 is 4.79 Å². The highest BCUT2D eigenvalue weighted by Crippen LogP contribution is 2.09. The zero-order chi connectivity index (χ0) is 12.7. The van der Waals surface area contributed by atoms with Crippen LogP contribution in [0, 0.1) is 6.92 Å². The second-order valence-electron chi connectivity index (χ2n) is 4.10. The first-order valence-corrected chi connectivity index (χ1v) is 6.12. The summed E-state index contributed by atoms with van der Waals surface area (Å²) in [4.78, 5) is 16.1. The number of aryl methyl sites for hydroxylation is 1. The van der Waals surface area contributed by atoms with E-state index in [0.29, 0.717) is 5.56 Å². The Labute approximate surface area is 103 Å². The number of anilines is 1. The largest absolute Gasteiger partial charge is 0.373 e. The second-order valence-corrected chi connectivity index (χ2v) is 4.10. The van der Waals surface area contributed by atoms with Crippen molar-refractivity contribution >= 4 is 11.7 Å². The van der Waals surface area contributed by atoms with Gasteiger partial charge in [0.15, 0.2) is 0 Å². The number of hydrogen-bond acceptors (Lipinski definition) is 3. The summed E-state index contributed by atoms with van der Waals surface area (Å²) in [5.74, 6) is 0.701. The van der Waals surface area contributed by atoms with Gasteiger partial charge in [-0.1, -0.05) is 19.8 Å². The van der Waals surface area contributed by atoms with Gasteiger partial charge < -0.3 is 10.6 Å². The molecule has 17 heavy (non-hydrogen) atoms. The Morgan fingerprint density at radius 2 is 2.12 bits per heavy atom. The van der Waals surface area contributed by atoms with E-state index < -0.39 is 0 Å². The number of carbonyl (C=O) groups excluding carboxylic acids is 1. The van der Waals surface area contributed by atoms with Crippen LogP contribution in [0.15, 0.2) is 12.1 Å². The summed E-state index contributed by atoms with van der Waals surface area (Å²) in [5.41, 5.74) is 1.51. The fourth-order valence-corrected chi connectivity index (χ4v) is 1.61. The molecule has 0 atom stereocenters. The van der Waals surface area contributed by atoms with Crippen molar-refractivity contribution in [2.75, 3.05) is 18.9 Å². The van der Waals surface area contributed by atoms with Gasteiger partial charge in [0.25, 0.3) is 5.91 Å². The SMILES string of the molecule is CCCCCNC(=O)c1cc(C)nc(NC)c1. The van der Waals surface area contributed by atoms with Crippen LogP contribution in [0.2, 0.25) is 0 Å². The van der Waals surface area contributed by atoms with Crippen LogP contribution in [-0.4, -0.2) is 24.5 Å². The standard InChI is InChI=1S/C13H21N3O/c1-4-5-6-7-15-13(17)11-8-10(2)16-12(9-11)14-3/h8-9H,4-7H2,1-3H3,(H,14,16)(H,15,17). The number of carbonyl (C=O) groups is 1. The Morgan fingerprint density at radius 1 is 1.35 bits per heavy atom. The van der Waals surface area contributed by atoms with Crippen LogP contribution in [0.4, 0.5) is 5.82 Å². The minimum absolute atomic E-state index is 0.0249. The van der Waals surface area contributed by atoms with Crippen LogP contribution in [0.3, 0.4) is 0 Å². The normalized spacial score (nSPS) is 10.1. The molecule has 0 saturated carbocycles. The van der Waals surface area contributed by atoms with E-state index in [-0.39, 0.29) is 5.91 Å². The van der Waals surface area contributed by atoms with Gasteiger partial charge >= 0.3 is 0 Å². The van der Waals surface area contributed by atoms with Crippen LogP contribution >= 0.6 is 0 Å². The van der Waals surface area contributed by atoms with Gasteiger partial charge in [-0.05, 0) is 25.5 Å². The number of unbranched alkanes of at least 4 members (excludes halogenated alkanes) is 2. The quantitative estimate of drug-likeness (QED) is 0.744. The molecule has 4 nitrogen and oxygen atoms in total. The van der Waals surface area contributed by atoms with Crippen LogP contribution in [0.5, 0.6) is 0 Å². The summed E-state index contributed by atoms with van der Waals surface area (Å²) < 4.78 is 0. The zero-order valence-electron chi connectivity index (χ0n) is 10.8. The number of hydrogen-bond donors (Lipinski definition) is 2. The topological polar surface area (TPSA) is 54.0 Å². The lowest BCUT2D eigenvalue weighted by molar-refractivity contribution is 0.0953. The third-order valence-corrected chi connectivity index (χ3v) is 2.54. The first-order valence-electron chi connectivity index (χ1n) is 6.12. The van der Waals surface area contributed by atoms with E-state index in [0.717, 1.165) is 37.3 Å². The molecule has 1 rings (SSSR count). The third-order valence-electron chi connectivity index (χ3n) is 2.54. The van der Waals surface area contributed by atoms with Crippen LogP contribution < -0.4 is 10.6 Å². The molecule has 94 valence electrons. The first kappa shape index (κ1) is 13.5. The summed E-state index contributed by atoms with van der Waals surface area (Å²) in [5, 5.41) is 5.87. The van der Waals surface area contributed by atoms with E-state index in [1.807, 2.05) is 6.92 Å². The van der Waals surface area contributed by atoms with Gasteiger partial charge in [-0.25, -0.2) is 4.98 Å². The molecule has 0 aliphatic rings. The average Bonchev–Trinajstić information content (AvgIpc) is 2.33. The predicted molar refractivity (Wildman–Crippen MR) is 70.4 cm³/mol. The van der Waals surface area contributed by atoms with E-state index in [1.165, 1.54) is 0 Å². The highest BCUT2D eigenvalue weighted by atomic mass is 16.1. The minimum atomic E-state index is -0.0249. The smallest absolute Gasteiger partial charge is 0.251 e. The summed E-state index contributed by atoms with van der Waals surface area (Å²) in [6.45, 7) is 4.77. The molecule has 2 N–H and O–H groups in total. The van der Waals surface area contributed by atoms with E-state index in [4.69, 9.17) is 0 Å². The molecular weight excluding hydrogens is 214 g/mol. The van der Waals surface area contributed by atoms with Crippen molar-refractivity contribution in [3.05, 3.63) is 23.4 Å². The van der Waals surface area contributed by atoms with Crippen molar-refractivity contribution in [2.24, 2.45) is 0 Å². The molecule has 4 heteroatoms. The van der Waals surface area contributed by atoms with Gasteiger partial charge in [-0.2, -0.15) is 0 Å². The number of nitrogens with zero attached hydrogens (tertiary/aromatic N) is 1. The molecule has 1 heterocycles. The van der Waals surface area contributed by atoms with E-state index in [2.05, 4.69) is 22.5 Å². The van der Waals surface area contributed by atoms with Crippen molar-refractivity contribution in [1.82, 2.24) is 10.3 Å². The van der Waals surface area contributed by atoms with E-state index >= 15 is 0 Å². The van der Waals surface area contributed by atoms with Crippen molar-refractivity contribution in [2.45, 2.75) is 33.1 Å². The van der Waals surface area contributed by atoms with Crippen molar-refractivity contribution in [3.8, 4) is 0 Å². The highest BCUT2D eigenvalue weighted by molar-refractivity contribution is 5.94. The Bertz CT molecular complexity index is 377. The lowest BCUT2D eigenvalue weighted by Crippen LogP contribution is -2.24. The maximum Gasteiger partial charge on any atom is 0.251 e. The van der Waals surface area contributed by atoms with Crippen molar-refractivity contribution in [3.63, 3.8) is 0 Å². The number of pyridine rings is 1. The summed E-state index contributed by atoms with van der Waals surface area (Å²) in [6, 6.07) is 3.57. The molecule has 0 aliphatic carbocycles. The maximum atomic E-state index is 11.9. The van der Waals surface area contributed by atoms with E-state index in [1.54, 1.807) is 19.2 Å². The number of nitrogens with one attached hydrogen (secondary N) is 2. The second kappa shape index (κ2) is 6.89. The third kappa shape index (κ3) is 4.43. The molecule has 0 aliphatic heterocycles. The Hall–Kier alpha value is -1.58. The van der Waals surface area contributed by atoms with Gasteiger partial charge in [-0.3, -0.25) is 4.79 Å². The van der Waals surface area contributed by atoms with Crippen LogP contribution in [-0.2, 0) is 0 Å². The Morgan fingerprint density at radius 3 is 2.76 bits per heavy atom. The Kier molecular flexibility index (Phi) is 5.46. The van der Waals surface area contributed by atoms with Gasteiger partial charge in [0.05, 0.1) is 0 Å². The molecule has 0 saturated heterocycles. The molecule has 0 aromatic carbocycles. The maximum absolute atomic E-state index is 11.9. The van der Waals surface area contributed by atoms with Gasteiger partial charge in [0, 0.05) is 24.8 Å². The minimum Gasteiger partial charge on any atom is -0.373 e. The van der Waals surface area contributed by atoms with Crippen LogP contribution in [0.1, 0.15) is 42.2 Å². The predicted octanol–water partition coefficient (Wildman–Crippen LogP) is 2.35. The summed E-state index contributed by atoms with van der Waals surface area (Å²) >= 11 is 0. The molecule has 1 aromatic rings. The number of amides is 1. The molecule has 0 fully saturated rings. The fourth-order valence-electron chi connectivity index (χ4n) is 1.61. The number of aromatic nitrogens is 1. The summed E-state index contributed by atoms with van der Waals surface area (Å²) in [7, 11) is 1.80. The molecule has 0 radical (unpaired) electrons. The molecular formula is C13H21N3O. The lowest BCUT2D eigenvalue weighted by atomic mass is 10.2. The molecule has 1 amide bonds. The van der Waals surface area contributed by atoms with Gasteiger partial charge in [0.2, 0.25) is 0 Å². The molecule has 1 aromatic heterocycles. The summed E-state index contributed by atoms with van der Waals surface area (Å²) in [6.07, 6.45) is 3.34. The van der Waals surface area contributed by atoms with Gasteiger partial charge in [0.1, 0.15) is 5.82 Å². The lowest BCUT2D eigenvalue weighted by Gasteiger charge is -2.07. The van der Waals surface area contributed by atoms with Gasteiger partial charge in [-0.15, -0.1) is 0 Å². The molecule has 0 spiro atoms. The number of rotatable bonds is 6. The van der Waals surface area contributed by atoms with Crippen LogP contribution in [0.25, 0.3) is 0 Å².